The van der Waals surface area contributed by atoms with E-state index >= 15 is 0 Å². The largest absolute Gasteiger partial charge is 0.490 e. The Morgan fingerprint density at radius 1 is 1.02 bits per heavy atom. The zero-order valence-electron chi connectivity index (χ0n) is 21.6. The quantitative estimate of drug-likeness (QED) is 0.233. The molecule has 1 heterocycles. The lowest BCUT2D eigenvalue weighted by Crippen LogP contribution is -2.36. The summed E-state index contributed by atoms with van der Waals surface area (Å²) in [6.07, 6.45) is -3.19. The minimum atomic E-state index is -4.60. The number of hydrogen-bond donors (Lipinski definition) is 1. The van der Waals surface area contributed by atoms with Crippen LogP contribution in [0.15, 0.2) is 59.5 Å². The van der Waals surface area contributed by atoms with Crippen LogP contribution in [0.3, 0.4) is 0 Å². The van der Waals surface area contributed by atoms with Gasteiger partial charge in [0.05, 0.1) is 22.1 Å². The second-order valence-electron chi connectivity index (χ2n) is 8.68. The Morgan fingerprint density at radius 3 is 2.48 bits per heavy atom. The summed E-state index contributed by atoms with van der Waals surface area (Å²) in [7, 11) is 0. The van der Waals surface area contributed by atoms with Crippen molar-refractivity contribution in [3.63, 3.8) is 0 Å². The molecule has 220 valence electrons. The van der Waals surface area contributed by atoms with Gasteiger partial charge in [-0.25, -0.2) is 0 Å². The van der Waals surface area contributed by atoms with Crippen LogP contribution in [0.25, 0.3) is 6.08 Å². The molecule has 3 aromatic carbocycles. The molecule has 0 bridgehead atoms. The number of amides is 3. The van der Waals surface area contributed by atoms with Gasteiger partial charge < -0.3 is 14.8 Å². The number of hydrogen-bond acceptors (Lipinski definition) is 6. The molecule has 0 aliphatic carbocycles. The van der Waals surface area contributed by atoms with Gasteiger partial charge in [0, 0.05) is 21.3 Å². The Kier molecular flexibility index (Phi) is 9.98. The smallest absolute Gasteiger partial charge is 0.416 e. The van der Waals surface area contributed by atoms with Gasteiger partial charge in [-0.05, 0) is 72.8 Å². The molecule has 1 fully saturated rings. The zero-order chi connectivity index (χ0) is 30.6. The van der Waals surface area contributed by atoms with E-state index < -0.39 is 35.3 Å². The number of rotatable bonds is 9. The van der Waals surface area contributed by atoms with E-state index in [1.54, 1.807) is 31.2 Å². The second-order valence-corrected chi connectivity index (χ2v) is 10.9. The number of benzene rings is 3. The number of halogens is 6. The first-order valence-electron chi connectivity index (χ1n) is 12.1. The molecule has 0 spiro atoms. The third-order valence-corrected chi connectivity index (χ3v) is 7.44. The predicted octanol–water partition coefficient (Wildman–Crippen LogP) is 8.32. The maximum Gasteiger partial charge on any atom is 0.416 e. The fourth-order valence-corrected chi connectivity index (χ4v) is 5.34. The number of alkyl halides is 3. The van der Waals surface area contributed by atoms with Crippen LogP contribution in [0.4, 0.5) is 23.7 Å². The summed E-state index contributed by atoms with van der Waals surface area (Å²) in [5, 5.41) is 2.60. The molecule has 1 saturated heterocycles. The first-order chi connectivity index (χ1) is 19.8. The normalized spacial score (nSPS) is 14.5. The maximum atomic E-state index is 13.0. The van der Waals surface area contributed by atoms with Crippen molar-refractivity contribution in [3.8, 4) is 11.5 Å². The second kappa shape index (κ2) is 13.3. The highest BCUT2D eigenvalue weighted by atomic mass is 35.5. The van der Waals surface area contributed by atoms with Crippen molar-refractivity contribution in [1.29, 1.82) is 0 Å². The fraction of sp³-hybridized carbons (Fsp3) is 0.179. The third kappa shape index (κ3) is 7.71. The van der Waals surface area contributed by atoms with Crippen LogP contribution in [0, 0.1) is 0 Å². The van der Waals surface area contributed by atoms with Gasteiger partial charge in [0.25, 0.3) is 11.1 Å². The van der Waals surface area contributed by atoms with Crippen LogP contribution in [0.1, 0.15) is 23.6 Å². The summed E-state index contributed by atoms with van der Waals surface area (Å²) in [5.74, 6) is -1.08. The molecule has 0 aromatic heterocycles. The summed E-state index contributed by atoms with van der Waals surface area (Å²) < 4.78 is 50.4. The Morgan fingerprint density at radius 2 is 1.79 bits per heavy atom. The van der Waals surface area contributed by atoms with Crippen LogP contribution in [-0.4, -0.2) is 35.1 Å². The maximum absolute atomic E-state index is 13.0. The zero-order valence-corrected chi connectivity index (χ0v) is 24.6. The Bertz CT molecular complexity index is 1580. The van der Waals surface area contributed by atoms with Crippen molar-refractivity contribution in [2.45, 2.75) is 19.7 Å². The number of carbonyl (C=O) groups is 3. The van der Waals surface area contributed by atoms with E-state index in [0.717, 1.165) is 18.2 Å². The highest BCUT2D eigenvalue weighted by Gasteiger charge is 2.36. The molecule has 0 atom stereocenters. The van der Waals surface area contributed by atoms with E-state index in [9.17, 15) is 27.6 Å². The number of ether oxygens (including phenoxy) is 2. The van der Waals surface area contributed by atoms with Crippen LogP contribution < -0.4 is 14.8 Å². The first kappa shape index (κ1) is 31.6. The molecule has 14 heteroatoms. The van der Waals surface area contributed by atoms with Crippen molar-refractivity contribution >= 4 is 75.4 Å². The molecule has 0 saturated carbocycles. The number of anilines is 1. The van der Waals surface area contributed by atoms with Gasteiger partial charge in [-0.1, -0.05) is 46.9 Å². The first-order valence-corrected chi connectivity index (χ1v) is 14.1. The summed E-state index contributed by atoms with van der Waals surface area (Å²) in [5.41, 5.74) is -0.00516. The molecule has 7 nitrogen and oxygen atoms in total. The summed E-state index contributed by atoms with van der Waals surface area (Å²) in [6, 6.07) is 12.0. The third-order valence-electron chi connectivity index (χ3n) is 5.67. The van der Waals surface area contributed by atoms with E-state index in [1.807, 2.05) is 0 Å². The summed E-state index contributed by atoms with van der Waals surface area (Å²) >= 11 is 19.2. The standard InChI is InChI=1S/C28H20Cl3F3N2O5S/c1-2-40-22-9-15(8-21(31)25(22)41-14-16-6-7-18(29)12-20(16)30)10-23-26(38)36(27(39)42-23)13-24(37)35-19-5-3-4-17(11-19)28(32,33)34/h3-12H,2,13-14H2,1H3,(H,35,37)/b23-10-. The average Bonchev–Trinajstić information content (AvgIpc) is 3.16. The topological polar surface area (TPSA) is 84.9 Å². The van der Waals surface area contributed by atoms with E-state index in [0.29, 0.717) is 37.8 Å². The van der Waals surface area contributed by atoms with E-state index in [2.05, 4.69) is 5.32 Å². The minimum absolute atomic E-state index is 0.00648. The lowest BCUT2D eigenvalue weighted by Gasteiger charge is -2.15. The molecule has 42 heavy (non-hydrogen) atoms. The van der Waals surface area contributed by atoms with Crippen LogP contribution >= 0.6 is 46.6 Å². The number of thioether (sulfide) groups is 1. The van der Waals surface area contributed by atoms with Crippen molar-refractivity contribution < 1.29 is 37.0 Å². The van der Waals surface area contributed by atoms with Crippen LogP contribution in [-0.2, 0) is 22.4 Å². The van der Waals surface area contributed by atoms with E-state index in [4.69, 9.17) is 44.3 Å². The van der Waals surface area contributed by atoms with Crippen LogP contribution in [0.5, 0.6) is 11.5 Å². The number of carbonyl (C=O) groups excluding carboxylic acids is 3. The van der Waals surface area contributed by atoms with Crippen molar-refractivity contribution in [1.82, 2.24) is 4.90 Å². The predicted molar refractivity (Wildman–Crippen MR) is 156 cm³/mol. The molecule has 0 unspecified atom stereocenters. The van der Waals surface area contributed by atoms with Gasteiger partial charge in [-0.3, -0.25) is 19.3 Å². The highest BCUT2D eigenvalue weighted by molar-refractivity contribution is 8.18. The average molecular weight is 660 g/mol. The number of nitrogens with zero attached hydrogens (tertiary/aromatic N) is 1. The molecule has 1 aliphatic rings. The summed E-state index contributed by atoms with van der Waals surface area (Å²) in [6.45, 7) is 1.41. The Labute approximate surface area is 257 Å². The number of imide groups is 1. The van der Waals surface area contributed by atoms with Crippen molar-refractivity contribution in [3.05, 3.63) is 91.3 Å². The molecule has 1 aliphatic heterocycles. The molecule has 3 amide bonds. The molecule has 3 aromatic rings. The van der Waals surface area contributed by atoms with E-state index in [-0.39, 0.29) is 40.3 Å². The van der Waals surface area contributed by atoms with E-state index in [1.165, 1.54) is 18.2 Å². The molecular weight excluding hydrogens is 640 g/mol. The number of nitrogens with one attached hydrogen (secondary N) is 1. The molecular formula is C28H20Cl3F3N2O5S. The van der Waals surface area contributed by atoms with Gasteiger partial charge in [0.1, 0.15) is 13.2 Å². The van der Waals surface area contributed by atoms with Gasteiger partial charge in [-0.15, -0.1) is 0 Å². The van der Waals surface area contributed by atoms with Gasteiger partial charge in [-0.2, -0.15) is 13.2 Å². The lowest BCUT2D eigenvalue weighted by molar-refractivity contribution is -0.137. The SMILES string of the molecule is CCOc1cc(/C=C2\SC(=O)N(CC(=O)Nc3cccc(C(F)(F)F)c3)C2=O)cc(Cl)c1OCc1ccc(Cl)cc1Cl. The monoisotopic (exact) mass is 658 g/mol. The van der Waals surface area contributed by atoms with Gasteiger partial charge in [0.2, 0.25) is 5.91 Å². The molecule has 0 radical (unpaired) electrons. The summed E-state index contributed by atoms with van der Waals surface area (Å²) in [4.78, 5) is 38.6. The van der Waals surface area contributed by atoms with Gasteiger partial charge in [0.15, 0.2) is 11.5 Å². The highest BCUT2D eigenvalue weighted by Crippen LogP contribution is 2.40. The Hall–Kier alpha value is -3.38. The van der Waals surface area contributed by atoms with Crippen LogP contribution in [0.2, 0.25) is 15.1 Å². The molecule has 4 rings (SSSR count). The van der Waals surface area contributed by atoms with Gasteiger partial charge >= 0.3 is 6.18 Å². The lowest BCUT2D eigenvalue weighted by atomic mass is 10.1. The van der Waals surface area contributed by atoms with Crippen molar-refractivity contribution in [2.24, 2.45) is 0 Å². The van der Waals surface area contributed by atoms with Crippen molar-refractivity contribution in [2.75, 3.05) is 18.5 Å². The molecule has 1 N–H and O–H groups in total. The fourth-order valence-electron chi connectivity index (χ4n) is 3.77. The Balaban J connectivity index is 1.48. The minimum Gasteiger partial charge on any atom is -0.490 e.